The van der Waals surface area contributed by atoms with Crippen molar-refractivity contribution in [2.24, 2.45) is 0 Å². The molecule has 0 aliphatic heterocycles. The van der Waals surface area contributed by atoms with E-state index in [-0.39, 0.29) is 24.0 Å². The number of hydrogen-bond donors (Lipinski definition) is 1. The van der Waals surface area contributed by atoms with E-state index in [0.29, 0.717) is 5.56 Å². The Balaban J connectivity index is 2.11. The van der Waals surface area contributed by atoms with Crippen LogP contribution >= 0.6 is 0 Å². The van der Waals surface area contributed by atoms with E-state index in [4.69, 9.17) is 10.5 Å². The molecule has 0 amide bonds. The molecule has 0 aliphatic rings. The van der Waals surface area contributed by atoms with Gasteiger partial charge >= 0.3 is 5.69 Å². The molecular weight excluding hydrogens is 253 g/mol. The highest BCUT2D eigenvalue weighted by atomic mass is 19.1. The summed E-state index contributed by atoms with van der Waals surface area (Å²) in [5.41, 5.74) is 5.48. The Morgan fingerprint density at radius 3 is 2.68 bits per heavy atom. The van der Waals surface area contributed by atoms with E-state index >= 15 is 0 Å². The Kier molecular flexibility index (Phi) is 3.56. The monoisotopic (exact) mass is 263 g/mol. The van der Waals surface area contributed by atoms with Gasteiger partial charge in [0.05, 0.1) is 4.92 Å². The van der Waals surface area contributed by atoms with Gasteiger partial charge in [0.15, 0.2) is 0 Å². The van der Waals surface area contributed by atoms with Crippen LogP contribution in [-0.4, -0.2) is 9.91 Å². The standard InChI is InChI=1S/C12H10FN3O3/c13-9-4-2-1-3-8(9)7-19-11-6-5-10(16(17)18)12(14)15-11/h1-6H,7H2,(H2,14,15). The van der Waals surface area contributed by atoms with E-state index < -0.39 is 10.7 Å². The molecule has 2 rings (SSSR count). The molecule has 19 heavy (non-hydrogen) atoms. The molecule has 0 radical (unpaired) electrons. The normalized spacial score (nSPS) is 10.2. The molecule has 0 saturated heterocycles. The first kappa shape index (κ1) is 12.7. The van der Waals surface area contributed by atoms with Gasteiger partial charge in [0, 0.05) is 17.7 Å². The van der Waals surface area contributed by atoms with Crippen LogP contribution in [-0.2, 0) is 6.61 Å². The van der Waals surface area contributed by atoms with Crippen LogP contribution in [0.15, 0.2) is 36.4 Å². The van der Waals surface area contributed by atoms with Gasteiger partial charge in [-0.05, 0) is 6.07 Å². The fourth-order valence-electron chi connectivity index (χ4n) is 1.45. The zero-order valence-electron chi connectivity index (χ0n) is 9.75. The van der Waals surface area contributed by atoms with E-state index in [1.807, 2.05) is 0 Å². The number of rotatable bonds is 4. The van der Waals surface area contributed by atoms with Gasteiger partial charge in [-0.25, -0.2) is 4.39 Å². The second-order valence-electron chi connectivity index (χ2n) is 3.69. The van der Waals surface area contributed by atoms with Crippen LogP contribution in [0.5, 0.6) is 5.88 Å². The Morgan fingerprint density at radius 1 is 1.32 bits per heavy atom. The van der Waals surface area contributed by atoms with Gasteiger partial charge in [0.2, 0.25) is 11.7 Å². The molecule has 0 unspecified atom stereocenters. The molecule has 98 valence electrons. The van der Waals surface area contributed by atoms with Crippen molar-refractivity contribution in [1.82, 2.24) is 4.98 Å². The second-order valence-corrected chi connectivity index (χ2v) is 3.69. The number of nitrogens with zero attached hydrogens (tertiary/aromatic N) is 2. The molecule has 1 heterocycles. The van der Waals surface area contributed by atoms with Gasteiger partial charge in [-0.15, -0.1) is 0 Å². The first-order chi connectivity index (χ1) is 9.08. The van der Waals surface area contributed by atoms with Crippen molar-refractivity contribution in [2.75, 3.05) is 5.73 Å². The summed E-state index contributed by atoms with van der Waals surface area (Å²) in [5, 5.41) is 10.6. The highest BCUT2D eigenvalue weighted by Crippen LogP contribution is 2.22. The Morgan fingerprint density at radius 2 is 2.05 bits per heavy atom. The van der Waals surface area contributed by atoms with E-state index in [0.717, 1.165) is 0 Å². The predicted molar refractivity (Wildman–Crippen MR) is 66.0 cm³/mol. The summed E-state index contributed by atoms with van der Waals surface area (Å²) in [6.45, 7) is -0.0308. The van der Waals surface area contributed by atoms with Crippen molar-refractivity contribution in [1.29, 1.82) is 0 Å². The number of ether oxygens (including phenoxy) is 1. The molecular formula is C12H10FN3O3. The number of anilines is 1. The zero-order chi connectivity index (χ0) is 13.8. The van der Waals surface area contributed by atoms with Gasteiger partial charge in [-0.2, -0.15) is 4.98 Å². The molecule has 6 nitrogen and oxygen atoms in total. The number of aromatic nitrogens is 1. The van der Waals surface area contributed by atoms with Crippen molar-refractivity contribution in [3.63, 3.8) is 0 Å². The third-order valence-corrected chi connectivity index (χ3v) is 2.41. The highest BCUT2D eigenvalue weighted by molar-refractivity contribution is 5.53. The van der Waals surface area contributed by atoms with Gasteiger partial charge < -0.3 is 10.5 Å². The fraction of sp³-hybridized carbons (Fsp3) is 0.0833. The summed E-state index contributed by atoms with van der Waals surface area (Å²) in [5.74, 6) is -0.528. The fourth-order valence-corrected chi connectivity index (χ4v) is 1.45. The first-order valence-corrected chi connectivity index (χ1v) is 5.35. The zero-order valence-corrected chi connectivity index (χ0v) is 9.75. The van der Waals surface area contributed by atoms with Gasteiger partial charge in [-0.1, -0.05) is 18.2 Å². The van der Waals surface area contributed by atoms with Gasteiger partial charge in [0.1, 0.15) is 12.4 Å². The van der Waals surface area contributed by atoms with Crippen molar-refractivity contribution < 1.29 is 14.1 Å². The van der Waals surface area contributed by atoms with Crippen LogP contribution in [0.1, 0.15) is 5.56 Å². The minimum atomic E-state index is -0.636. The van der Waals surface area contributed by atoms with Crippen molar-refractivity contribution >= 4 is 11.5 Å². The van der Waals surface area contributed by atoms with Crippen LogP contribution < -0.4 is 10.5 Å². The van der Waals surface area contributed by atoms with E-state index in [1.54, 1.807) is 18.2 Å². The summed E-state index contributed by atoms with van der Waals surface area (Å²) < 4.78 is 18.6. The SMILES string of the molecule is Nc1nc(OCc2ccccc2F)ccc1[N+](=O)[O-]. The van der Waals surface area contributed by atoms with Crippen LogP contribution in [0.4, 0.5) is 15.9 Å². The molecule has 2 N–H and O–H groups in total. The third-order valence-electron chi connectivity index (χ3n) is 2.41. The number of nitro groups is 1. The van der Waals surface area contributed by atoms with Crippen LogP contribution in [0.25, 0.3) is 0 Å². The lowest BCUT2D eigenvalue weighted by Crippen LogP contribution is -2.03. The topological polar surface area (TPSA) is 91.3 Å². The summed E-state index contributed by atoms with van der Waals surface area (Å²) in [4.78, 5) is 13.6. The van der Waals surface area contributed by atoms with Crippen LogP contribution in [0.3, 0.4) is 0 Å². The Labute approximate surface area is 107 Å². The molecule has 0 bridgehead atoms. The molecule has 7 heteroatoms. The van der Waals surface area contributed by atoms with Crippen molar-refractivity contribution in [2.45, 2.75) is 6.61 Å². The van der Waals surface area contributed by atoms with Crippen LogP contribution in [0.2, 0.25) is 0 Å². The molecule has 0 spiro atoms. The van der Waals surface area contributed by atoms with Crippen molar-refractivity contribution in [3.05, 3.63) is 57.9 Å². The maximum Gasteiger partial charge on any atom is 0.311 e. The average molecular weight is 263 g/mol. The Bertz CT molecular complexity index is 619. The largest absolute Gasteiger partial charge is 0.473 e. The molecule has 0 saturated carbocycles. The molecule has 2 aromatic rings. The summed E-state index contributed by atoms with van der Waals surface area (Å²) in [6.07, 6.45) is 0. The Hall–Kier alpha value is -2.70. The maximum atomic E-state index is 13.3. The van der Waals surface area contributed by atoms with E-state index in [9.17, 15) is 14.5 Å². The third kappa shape index (κ3) is 2.95. The number of halogens is 1. The molecule has 1 aromatic heterocycles. The molecule has 1 aromatic carbocycles. The lowest BCUT2D eigenvalue weighted by atomic mass is 10.2. The molecule has 0 aliphatic carbocycles. The van der Waals surface area contributed by atoms with Gasteiger partial charge in [-0.3, -0.25) is 10.1 Å². The van der Waals surface area contributed by atoms with Crippen molar-refractivity contribution in [3.8, 4) is 5.88 Å². The van der Waals surface area contributed by atoms with Crippen LogP contribution in [0, 0.1) is 15.9 Å². The number of hydrogen-bond acceptors (Lipinski definition) is 5. The summed E-state index contributed by atoms with van der Waals surface area (Å²) in [7, 11) is 0. The number of pyridine rings is 1. The number of nitrogens with two attached hydrogens (primary N) is 1. The lowest BCUT2D eigenvalue weighted by molar-refractivity contribution is -0.384. The quantitative estimate of drug-likeness (QED) is 0.675. The summed E-state index contributed by atoms with van der Waals surface area (Å²) >= 11 is 0. The maximum absolute atomic E-state index is 13.3. The minimum Gasteiger partial charge on any atom is -0.473 e. The van der Waals surface area contributed by atoms with Gasteiger partial charge in [0.25, 0.3) is 0 Å². The van der Waals surface area contributed by atoms with E-state index in [2.05, 4.69) is 4.98 Å². The first-order valence-electron chi connectivity index (χ1n) is 5.35. The molecule has 0 atom stereocenters. The van der Waals surface area contributed by atoms with E-state index in [1.165, 1.54) is 18.2 Å². The molecule has 0 fully saturated rings. The number of benzene rings is 1. The second kappa shape index (κ2) is 5.30. The predicted octanol–water partition coefficient (Wildman–Crippen LogP) is 2.29. The smallest absolute Gasteiger partial charge is 0.311 e. The lowest BCUT2D eigenvalue weighted by Gasteiger charge is -2.06. The summed E-state index contributed by atoms with van der Waals surface area (Å²) in [6, 6.07) is 8.65. The number of nitrogen functional groups attached to an aromatic ring is 1. The highest BCUT2D eigenvalue weighted by Gasteiger charge is 2.13. The average Bonchev–Trinajstić information content (AvgIpc) is 2.37. The minimum absolute atomic E-state index is 0.0308.